The van der Waals surface area contributed by atoms with Crippen LogP contribution in [0, 0.1) is 5.82 Å². The maximum Gasteiger partial charge on any atom is 0.434 e. The third-order valence-electron chi connectivity index (χ3n) is 9.51. The first-order valence-corrected chi connectivity index (χ1v) is 18.8. The number of nitrogen functional groups attached to an aromatic ring is 1. The quantitative estimate of drug-likeness (QED) is 0.0662. The number of hydrogen-bond donors (Lipinski definition) is 6. The number of pyridine rings is 2. The third-order valence-corrected chi connectivity index (χ3v) is 9.70. The van der Waals surface area contributed by atoms with E-state index in [2.05, 4.69) is 36.1 Å². The van der Waals surface area contributed by atoms with Gasteiger partial charge in [0.25, 0.3) is 29.2 Å². The SMILES string of the molecule is COc1ccc(F)cc1C(=O)NCc1ccc(-c2c(C(N)=O)c(N)nn2CCNC(=O)c2cc(NC(=O)c3cnn(-c4cccc5c(=O)[nH]ccc45)c3C(F)(F)F)cc(Cl)n2)cc1. The van der Waals surface area contributed by atoms with Gasteiger partial charge in [0.15, 0.2) is 11.5 Å². The van der Waals surface area contributed by atoms with Crippen molar-refractivity contribution in [3.8, 4) is 22.7 Å². The van der Waals surface area contributed by atoms with Crippen molar-refractivity contribution < 1.29 is 41.5 Å². The first-order valence-electron chi connectivity index (χ1n) is 18.4. The Balaban J connectivity index is 1.05. The molecule has 7 aromatic rings. The van der Waals surface area contributed by atoms with Gasteiger partial charge in [-0.2, -0.15) is 23.4 Å². The van der Waals surface area contributed by atoms with Crippen molar-refractivity contribution in [2.75, 3.05) is 24.7 Å². The number of halogens is 5. The lowest BCUT2D eigenvalue weighted by atomic mass is 10.0. The van der Waals surface area contributed by atoms with Crippen LogP contribution in [-0.4, -0.2) is 66.8 Å². The van der Waals surface area contributed by atoms with E-state index in [1.165, 1.54) is 54.4 Å². The Hall–Kier alpha value is -8.07. The van der Waals surface area contributed by atoms with Gasteiger partial charge in [0, 0.05) is 41.3 Å². The van der Waals surface area contributed by atoms with E-state index in [0.717, 1.165) is 24.4 Å². The van der Waals surface area contributed by atoms with E-state index in [0.29, 0.717) is 15.8 Å². The molecule has 22 heteroatoms. The lowest BCUT2D eigenvalue weighted by Crippen LogP contribution is -2.29. The van der Waals surface area contributed by atoms with E-state index < -0.39 is 52.4 Å². The summed E-state index contributed by atoms with van der Waals surface area (Å²) in [5.41, 5.74) is 9.51. The number of amides is 4. The fourth-order valence-electron chi connectivity index (χ4n) is 6.70. The number of hydrogen-bond acceptors (Lipinski definition) is 10. The Bertz CT molecular complexity index is 3000. The Morgan fingerprint density at radius 2 is 1.68 bits per heavy atom. The fourth-order valence-corrected chi connectivity index (χ4v) is 6.91. The van der Waals surface area contributed by atoms with Crippen LogP contribution >= 0.6 is 11.6 Å². The van der Waals surface area contributed by atoms with Crippen molar-refractivity contribution in [3.63, 3.8) is 0 Å². The van der Waals surface area contributed by atoms with Crippen molar-refractivity contribution in [2.24, 2.45) is 5.73 Å². The lowest BCUT2D eigenvalue weighted by Gasteiger charge is -2.14. The maximum atomic E-state index is 14.6. The summed E-state index contributed by atoms with van der Waals surface area (Å²) in [5.74, 6) is -4.11. The van der Waals surface area contributed by atoms with Gasteiger partial charge in [0.05, 0.1) is 42.4 Å². The van der Waals surface area contributed by atoms with Gasteiger partial charge in [-0.1, -0.05) is 41.9 Å². The molecule has 0 atom stereocenters. The molecule has 0 unspecified atom stereocenters. The highest BCUT2D eigenvalue weighted by molar-refractivity contribution is 6.30. The first-order chi connectivity index (χ1) is 30.0. The molecule has 0 fully saturated rings. The predicted molar refractivity (Wildman–Crippen MR) is 221 cm³/mol. The number of ether oxygens (including phenoxy) is 1. The lowest BCUT2D eigenvalue weighted by molar-refractivity contribution is -0.143. The molecule has 8 N–H and O–H groups in total. The zero-order valence-electron chi connectivity index (χ0n) is 32.5. The van der Waals surface area contributed by atoms with Crippen molar-refractivity contribution in [3.05, 3.63) is 146 Å². The van der Waals surface area contributed by atoms with Crippen molar-refractivity contribution in [1.82, 2.24) is 40.2 Å². The monoisotopic (exact) mass is 885 g/mol. The molecule has 4 heterocycles. The molecule has 7 rings (SSSR count). The molecular formula is C41H32ClF4N11O6. The van der Waals surface area contributed by atoms with Crippen LogP contribution < -0.4 is 37.7 Å². The Labute approximate surface area is 357 Å². The topological polar surface area (TPSA) is 247 Å². The fraction of sp³-hybridized carbons (Fsp3) is 0.122. The average Bonchev–Trinajstić information content (AvgIpc) is 3.85. The predicted octanol–water partition coefficient (Wildman–Crippen LogP) is 5.09. The third kappa shape index (κ3) is 9.03. The van der Waals surface area contributed by atoms with E-state index >= 15 is 0 Å². The van der Waals surface area contributed by atoms with Crippen molar-refractivity contribution >= 4 is 57.5 Å². The number of nitrogens with two attached hydrogens (primary N) is 2. The number of benzene rings is 3. The number of nitrogens with one attached hydrogen (secondary N) is 4. The second kappa shape index (κ2) is 17.5. The smallest absolute Gasteiger partial charge is 0.434 e. The molecule has 322 valence electrons. The van der Waals surface area contributed by atoms with Gasteiger partial charge in [0.2, 0.25) is 0 Å². The molecule has 0 radical (unpaired) electrons. The average molecular weight is 886 g/mol. The molecule has 63 heavy (non-hydrogen) atoms. The molecule has 0 bridgehead atoms. The van der Waals surface area contributed by atoms with Gasteiger partial charge in [-0.15, -0.1) is 0 Å². The number of fused-ring (bicyclic) bond motifs is 1. The maximum absolute atomic E-state index is 14.6. The first kappa shape index (κ1) is 43.0. The molecule has 17 nitrogen and oxygen atoms in total. The van der Waals surface area contributed by atoms with Crippen LogP contribution in [0.2, 0.25) is 5.15 Å². The molecular weight excluding hydrogens is 854 g/mol. The molecule has 0 saturated carbocycles. The Kier molecular flexibility index (Phi) is 12.0. The minimum Gasteiger partial charge on any atom is -0.496 e. The highest BCUT2D eigenvalue weighted by atomic mass is 35.5. The summed E-state index contributed by atoms with van der Waals surface area (Å²) in [4.78, 5) is 70.7. The highest BCUT2D eigenvalue weighted by Crippen LogP contribution is 2.36. The Morgan fingerprint density at radius 3 is 2.40 bits per heavy atom. The van der Waals surface area contributed by atoms with Crippen molar-refractivity contribution in [2.45, 2.75) is 19.3 Å². The summed E-state index contributed by atoms with van der Waals surface area (Å²) in [6, 6.07) is 17.9. The number of rotatable bonds is 13. The second-order valence-electron chi connectivity index (χ2n) is 13.6. The van der Waals surface area contributed by atoms with Gasteiger partial charge in [-0.3, -0.25) is 28.7 Å². The van der Waals surface area contributed by atoms with E-state index in [9.17, 15) is 41.5 Å². The minimum atomic E-state index is -5.09. The van der Waals surface area contributed by atoms with Gasteiger partial charge in [-0.25, -0.2) is 14.1 Å². The van der Waals surface area contributed by atoms with Gasteiger partial charge in [-0.05, 0) is 54.1 Å². The summed E-state index contributed by atoms with van der Waals surface area (Å²) < 4.78 is 64.5. The van der Waals surface area contributed by atoms with E-state index in [-0.39, 0.29) is 81.0 Å². The largest absolute Gasteiger partial charge is 0.496 e. The van der Waals surface area contributed by atoms with Crippen LogP contribution in [0.5, 0.6) is 5.75 Å². The van der Waals surface area contributed by atoms with Crippen LogP contribution in [0.15, 0.2) is 96.1 Å². The normalized spacial score (nSPS) is 11.3. The summed E-state index contributed by atoms with van der Waals surface area (Å²) in [7, 11) is 1.35. The second-order valence-corrected chi connectivity index (χ2v) is 13.9. The van der Waals surface area contributed by atoms with Gasteiger partial charge < -0.3 is 37.1 Å². The number of alkyl halides is 3. The van der Waals surface area contributed by atoms with Crippen molar-refractivity contribution in [1.29, 1.82) is 0 Å². The zero-order chi connectivity index (χ0) is 45.2. The highest BCUT2D eigenvalue weighted by Gasteiger charge is 2.41. The molecule has 3 aromatic carbocycles. The number of anilines is 2. The van der Waals surface area contributed by atoms with Gasteiger partial charge in [0.1, 0.15) is 28.0 Å². The molecule has 0 aliphatic carbocycles. The number of nitrogens with zero attached hydrogens (tertiary/aromatic N) is 5. The van der Waals surface area contributed by atoms with Crippen LogP contribution in [0.4, 0.5) is 29.1 Å². The van der Waals surface area contributed by atoms with Gasteiger partial charge >= 0.3 is 6.18 Å². The number of carbonyl (C=O) groups is 4. The summed E-state index contributed by atoms with van der Waals surface area (Å²) >= 11 is 6.16. The van der Waals surface area contributed by atoms with Crippen LogP contribution in [0.3, 0.4) is 0 Å². The zero-order valence-corrected chi connectivity index (χ0v) is 33.3. The summed E-state index contributed by atoms with van der Waals surface area (Å²) in [5, 5.41) is 15.7. The van der Waals surface area contributed by atoms with E-state index in [1.54, 1.807) is 24.3 Å². The van der Waals surface area contributed by atoms with E-state index in [4.69, 9.17) is 27.8 Å². The van der Waals surface area contributed by atoms with Crippen LogP contribution in [0.25, 0.3) is 27.7 Å². The number of carbonyl (C=O) groups excluding carboxylic acids is 4. The molecule has 4 aromatic heterocycles. The number of primary amides is 1. The van der Waals surface area contributed by atoms with E-state index in [1.807, 2.05) is 0 Å². The van der Waals surface area contributed by atoms with Crippen LogP contribution in [0.1, 0.15) is 52.8 Å². The number of H-pyrrole nitrogens is 1. The number of methoxy groups -OCH3 is 1. The molecule has 4 amide bonds. The molecule has 0 saturated heterocycles. The summed E-state index contributed by atoms with van der Waals surface area (Å²) in [6.45, 7) is -0.151. The molecule has 0 spiro atoms. The standard InChI is InChI=1S/C41H32ClF4N11O6/c1-63-30-10-9-22(43)15-26(30)38(60)51-18-20-5-7-21(8-6-20)33-32(36(48)58)35(47)55-56(33)14-13-50-40(62)28-16-23(17-31(42)54-28)53-39(61)27-19-52-57(34(27)41(44,45)46)29-4-2-3-25-24(29)11-12-49-37(25)59/h2-12,15-17,19H,13-14,18H2,1H3,(H2,47,55)(H2,48,58)(H,49,59)(H,50,62)(H,51,60)(H,53,54,61). The molecule has 0 aliphatic rings. The molecule has 0 aliphatic heterocycles. The Morgan fingerprint density at radius 1 is 0.921 bits per heavy atom. The summed E-state index contributed by atoms with van der Waals surface area (Å²) in [6.07, 6.45) is -3.09. The van der Waals surface area contributed by atoms with Crippen LogP contribution in [-0.2, 0) is 19.3 Å². The number of aromatic nitrogens is 6. The number of aromatic amines is 1. The minimum absolute atomic E-state index is 0.00697.